The molecule has 2 aromatic rings. The Morgan fingerprint density at radius 3 is 2.69 bits per heavy atom. The van der Waals surface area contributed by atoms with Crippen LogP contribution in [0.2, 0.25) is 0 Å². The number of guanidine groups is 1. The van der Waals surface area contributed by atoms with Crippen molar-refractivity contribution in [3.63, 3.8) is 0 Å². The topological polar surface area (TPSA) is 120 Å². The summed E-state index contributed by atoms with van der Waals surface area (Å²) in [6.07, 6.45) is 8.38. The van der Waals surface area contributed by atoms with Crippen LogP contribution in [0.25, 0.3) is 5.57 Å². The fraction of sp³-hybridized carbons (Fsp3) is 0.333. The molecule has 8 nitrogen and oxygen atoms in total. The fourth-order valence-corrected chi connectivity index (χ4v) is 2.81. The monoisotopic (exact) mass is 435 g/mol. The van der Waals surface area contributed by atoms with E-state index in [0.29, 0.717) is 25.4 Å². The first-order valence-corrected chi connectivity index (χ1v) is 10.3. The molecule has 168 valence electrons. The molecule has 0 aliphatic heterocycles. The number of rotatable bonds is 9. The van der Waals surface area contributed by atoms with Crippen LogP contribution in [-0.4, -0.2) is 34.2 Å². The number of aliphatic imine (C=N–C) groups is 1. The number of unbranched alkanes of at least 4 members (excludes halogenated alkanes) is 1. The number of benzene rings is 1. The summed E-state index contributed by atoms with van der Waals surface area (Å²) in [4.78, 5) is 19.3. The Balaban J connectivity index is 2.25. The Hall–Kier alpha value is -3.86. The van der Waals surface area contributed by atoms with Gasteiger partial charge < -0.3 is 15.2 Å². The lowest BCUT2D eigenvalue weighted by atomic mass is 10.0. The minimum atomic E-state index is -0.804. The molecule has 0 spiro atoms. The lowest BCUT2D eigenvalue weighted by Crippen LogP contribution is -2.30. The molecule has 3 N–H and O–H groups in total. The van der Waals surface area contributed by atoms with Crippen molar-refractivity contribution < 1.29 is 14.6 Å². The average Bonchev–Trinajstić information content (AvgIpc) is 2.73. The highest BCUT2D eigenvalue weighted by molar-refractivity contribution is 5.95. The molecule has 0 saturated carbocycles. The van der Waals surface area contributed by atoms with E-state index < -0.39 is 5.97 Å². The zero-order chi connectivity index (χ0) is 23.4. The second kappa shape index (κ2) is 12.1. The number of ether oxygens (including phenoxy) is 1. The van der Waals surface area contributed by atoms with Crippen molar-refractivity contribution in [2.75, 3.05) is 11.9 Å². The van der Waals surface area contributed by atoms with E-state index in [2.05, 4.69) is 20.6 Å². The molecule has 0 radical (unpaired) electrons. The average molecular weight is 436 g/mol. The van der Waals surface area contributed by atoms with Crippen molar-refractivity contribution in [3.8, 4) is 6.19 Å². The van der Waals surface area contributed by atoms with Crippen LogP contribution in [0.15, 0.2) is 60.0 Å². The second-order valence-electron chi connectivity index (χ2n) is 8.07. The van der Waals surface area contributed by atoms with Gasteiger partial charge in [0.25, 0.3) is 0 Å². The number of aliphatic carboxylic acids is 1. The van der Waals surface area contributed by atoms with Gasteiger partial charge in [-0.15, -0.1) is 0 Å². The number of nitrogens with zero attached hydrogens (tertiary/aromatic N) is 3. The third kappa shape index (κ3) is 8.88. The lowest BCUT2D eigenvalue weighted by molar-refractivity contribution is -0.137. The van der Waals surface area contributed by atoms with Crippen molar-refractivity contribution in [2.24, 2.45) is 4.99 Å². The van der Waals surface area contributed by atoms with E-state index in [1.165, 1.54) is 0 Å². The molecular formula is C24H29N5O3. The molecule has 2 rings (SSSR count). The normalized spacial score (nSPS) is 12.1. The maximum absolute atomic E-state index is 10.6. The van der Waals surface area contributed by atoms with Gasteiger partial charge in [-0.05, 0) is 57.4 Å². The van der Waals surface area contributed by atoms with Crippen LogP contribution in [0.1, 0.15) is 51.2 Å². The predicted octanol–water partition coefficient (Wildman–Crippen LogP) is 4.38. The molecule has 1 heterocycles. The van der Waals surface area contributed by atoms with Crippen molar-refractivity contribution in [1.82, 2.24) is 10.3 Å². The number of nitriles is 1. The summed E-state index contributed by atoms with van der Waals surface area (Å²) < 4.78 is 5.73. The highest BCUT2D eigenvalue weighted by atomic mass is 16.5. The van der Waals surface area contributed by atoms with Gasteiger partial charge in [-0.1, -0.05) is 18.2 Å². The van der Waals surface area contributed by atoms with Gasteiger partial charge in [0.05, 0.1) is 18.4 Å². The Bertz CT molecular complexity index is 989. The summed E-state index contributed by atoms with van der Waals surface area (Å²) >= 11 is 0. The van der Waals surface area contributed by atoms with E-state index in [0.717, 1.165) is 22.4 Å². The number of nitrogens with one attached hydrogen (secondary N) is 2. The Kier molecular flexibility index (Phi) is 9.23. The van der Waals surface area contributed by atoms with Crippen LogP contribution in [0.4, 0.5) is 5.69 Å². The first-order valence-electron chi connectivity index (χ1n) is 10.3. The first kappa shape index (κ1) is 24.4. The van der Waals surface area contributed by atoms with Crippen LogP contribution in [0.5, 0.6) is 0 Å². The molecule has 0 amide bonds. The standard InChI is InChI=1S/C24H29N5O3/c1-24(2,3)29-23(27-17-25)28-20-10-6-8-18(14-20)21(19-9-7-12-26-15-19)16-32-13-5-4-11-22(30)31/h6-10,12,14-16H,4-5,11,13H2,1-3H3,(H,30,31)(H2,27,28,29)/b21-16-. The summed E-state index contributed by atoms with van der Waals surface area (Å²) in [5.41, 5.74) is 3.00. The molecule has 8 heteroatoms. The Morgan fingerprint density at radius 1 is 1.25 bits per heavy atom. The van der Waals surface area contributed by atoms with E-state index in [4.69, 9.17) is 15.1 Å². The van der Waals surface area contributed by atoms with Crippen LogP contribution >= 0.6 is 0 Å². The number of hydrogen-bond donors (Lipinski definition) is 3. The van der Waals surface area contributed by atoms with E-state index in [1.54, 1.807) is 18.7 Å². The Morgan fingerprint density at radius 2 is 2.03 bits per heavy atom. The SMILES string of the molecule is CC(C)(C)N=C(NC#N)Nc1cccc(/C(=C/OCCCCC(=O)O)c2cccnc2)c1. The van der Waals surface area contributed by atoms with E-state index in [9.17, 15) is 4.79 Å². The number of carbonyl (C=O) groups is 1. The van der Waals surface area contributed by atoms with Crippen LogP contribution in [0.3, 0.4) is 0 Å². The molecule has 1 aromatic carbocycles. The number of anilines is 1. The van der Waals surface area contributed by atoms with Crippen molar-refractivity contribution in [2.45, 2.75) is 45.6 Å². The minimum Gasteiger partial charge on any atom is -0.501 e. The number of hydrogen-bond acceptors (Lipinski definition) is 5. The van der Waals surface area contributed by atoms with Gasteiger partial charge in [-0.25, -0.2) is 4.99 Å². The highest BCUT2D eigenvalue weighted by Gasteiger charge is 2.12. The van der Waals surface area contributed by atoms with Gasteiger partial charge in [0.2, 0.25) is 5.96 Å². The summed E-state index contributed by atoms with van der Waals surface area (Å²) in [7, 11) is 0. The molecule has 0 fully saturated rings. The smallest absolute Gasteiger partial charge is 0.303 e. The predicted molar refractivity (Wildman–Crippen MR) is 125 cm³/mol. The molecule has 32 heavy (non-hydrogen) atoms. The lowest BCUT2D eigenvalue weighted by Gasteiger charge is -2.17. The zero-order valence-corrected chi connectivity index (χ0v) is 18.6. The largest absolute Gasteiger partial charge is 0.501 e. The fourth-order valence-electron chi connectivity index (χ4n) is 2.81. The maximum atomic E-state index is 10.6. The van der Waals surface area contributed by atoms with Gasteiger partial charge in [0, 0.05) is 35.6 Å². The van der Waals surface area contributed by atoms with Crippen LogP contribution in [-0.2, 0) is 9.53 Å². The van der Waals surface area contributed by atoms with Crippen molar-refractivity contribution >= 4 is 23.2 Å². The molecule has 1 aromatic heterocycles. The molecule has 0 bridgehead atoms. The third-order valence-corrected chi connectivity index (χ3v) is 4.13. The number of pyridine rings is 1. The van der Waals surface area contributed by atoms with E-state index in [-0.39, 0.29) is 12.0 Å². The van der Waals surface area contributed by atoms with Crippen molar-refractivity contribution in [1.29, 1.82) is 5.26 Å². The summed E-state index contributed by atoms with van der Waals surface area (Å²) in [5, 5.41) is 23.5. The summed E-state index contributed by atoms with van der Waals surface area (Å²) in [6.45, 7) is 6.26. The summed E-state index contributed by atoms with van der Waals surface area (Å²) in [5.74, 6) is -0.445. The molecule has 0 aliphatic rings. The number of carboxylic acids is 1. The zero-order valence-electron chi connectivity index (χ0n) is 18.6. The molecule has 0 atom stereocenters. The minimum absolute atomic E-state index is 0.130. The van der Waals surface area contributed by atoms with Crippen molar-refractivity contribution in [3.05, 3.63) is 66.2 Å². The van der Waals surface area contributed by atoms with E-state index >= 15 is 0 Å². The molecule has 0 unspecified atom stereocenters. The maximum Gasteiger partial charge on any atom is 0.303 e. The van der Waals surface area contributed by atoms with Gasteiger partial charge in [-0.2, -0.15) is 5.26 Å². The van der Waals surface area contributed by atoms with Gasteiger partial charge in [0.15, 0.2) is 6.19 Å². The highest BCUT2D eigenvalue weighted by Crippen LogP contribution is 2.25. The molecule has 0 saturated heterocycles. The van der Waals surface area contributed by atoms with Gasteiger partial charge >= 0.3 is 5.97 Å². The molecule has 0 aliphatic carbocycles. The number of carboxylic acid groups (broad SMARTS) is 1. The summed E-state index contributed by atoms with van der Waals surface area (Å²) in [6, 6.07) is 11.5. The van der Waals surface area contributed by atoms with Gasteiger partial charge in [-0.3, -0.25) is 15.1 Å². The van der Waals surface area contributed by atoms with Crippen LogP contribution < -0.4 is 10.6 Å². The first-order chi connectivity index (χ1) is 15.3. The van der Waals surface area contributed by atoms with Gasteiger partial charge in [0.1, 0.15) is 0 Å². The van der Waals surface area contributed by atoms with E-state index in [1.807, 2.05) is 63.4 Å². The number of aromatic nitrogens is 1. The molecular weight excluding hydrogens is 406 g/mol. The second-order valence-corrected chi connectivity index (χ2v) is 8.07. The van der Waals surface area contributed by atoms with Crippen LogP contribution in [0, 0.1) is 11.5 Å². The Labute approximate surface area is 188 Å². The third-order valence-electron chi connectivity index (χ3n) is 4.13. The quantitative estimate of drug-likeness (QED) is 0.133.